The highest BCUT2D eigenvalue weighted by molar-refractivity contribution is 5.68. The molecule has 0 aromatic heterocycles. The zero-order chi connectivity index (χ0) is 15.6. The molecule has 20 heavy (non-hydrogen) atoms. The van der Waals surface area contributed by atoms with Crippen LogP contribution < -0.4 is 0 Å². The van der Waals surface area contributed by atoms with Crippen LogP contribution >= 0.6 is 0 Å². The number of carbonyl (C=O) groups excluding carboxylic acids is 1. The molecule has 0 radical (unpaired) electrons. The van der Waals surface area contributed by atoms with Crippen LogP contribution in [0.5, 0.6) is 0 Å². The third-order valence-corrected chi connectivity index (χ3v) is 2.85. The van der Waals surface area contributed by atoms with Crippen molar-refractivity contribution in [1.29, 1.82) is 0 Å². The second kappa shape index (κ2) is 6.03. The van der Waals surface area contributed by atoms with Crippen LogP contribution in [0.3, 0.4) is 0 Å². The predicted octanol–water partition coefficient (Wildman–Crippen LogP) is 2.87. The Kier molecular flexibility index (Phi) is 5.07. The first-order chi connectivity index (χ1) is 9.07. The van der Waals surface area contributed by atoms with Gasteiger partial charge in [-0.15, -0.1) is 0 Å². The lowest BCUT2D eigenvalue weighted by molar-refractivity contribution is -0.0354. The van der Waals surface area contributed by atoms with Crippen molar-refractivity contribution in [3.05, 3.63) is 11.4 Å². The number of piperidine rings is 1. The molecule has 1 aliphatic rings. The zero-order valence-electron chi connectivity index (χ0n) is 11.9. The SMILES string of the molecule is CC(C)(C)OC(=O)N1CCC(=C(F)C(F)(F)CO)CC1. The highest BCUT2D eigenvalue weighted by Gasteiger charge is 2.37. The highest BCUT2D eigenvalue weighted by Crippen LogP contribution is 2.32. The molecule has 0 spiro atoms. The number of carbonyl (C=O) groups is 1. The summed E-state index contributed by atoms with van der Waals surface area (Å²) in [5.41, 5.74) is -0.689. The van der Waals surface area contributed by atoms with E-state index in [9.17, 15) is 18.0 Å². The van der Waals surface area contributed by atoms with Crippen molar-refractivity contribution in [2.24, 2.45) is 0 Å². The monoisotopic (exact) mass is 295 g/mol. The van der Waals surface area contributed by atoms with E-state index >= 15 is 0 Å². The van der Waals surface area contributed by atoms with Gasteiger partial charge in [0, 0.05) is 13.1 Å². The highest BCUT2D eigenvalue weighted by atomic mass is 19.3. The molecule has 0 aliphatic carbocycles. The van der Waals surface area contributed by atoms with Crippen LogP contribution in [0, 0.1) is 0 Å². The normalized spacial score (nSPS) is 17.1. The van der Waals surface area contributed by atoms with Crippen LogP contribution in [-0.4, -0.2) is 47.3 Å². The van der Waals surface area contributed by atoms with Gasteiger partial charge in [0.25, 0.3) is 0 Å². The Morgan fingerprint density at radius 1 is 1.30 bits per heavy atom. The fourth-order valence-corrected chi connectivity index (χ4v) is 1.83. The predicted molar refractivity (Wildman–Crippen MR) is 67.2 cm³/mol. The number of amides is 1. The van der Waals surface area contributed by atoms with Gasteiger partial charge in [-0.05, 0) is 39.2 Å². The van der Waals surface area contributed by atoms with Gasteiger partial charge in [-0.2, -0.15) is 8.78 Å². The minimum Gasteiger partial charge on any atom is -0.444 e. The van der Waals surface area contributed by atoms with E-state index in [0.29, 0.717) is 0 Å². The number of alkyl halides is 2. The third kappa shape index (κ3) is 4.40. The van der Waals surface area contributed by atoms with E-state index in [-0.39, 0.29) is 31.5 Å². The molecule has 0 unspecified atom stereocenters. The number of halogens is 3. The minimum absolute atomic E-state index is 0.0145. The molecule has 7 heteroatoms. The number of likely N-dealkylation sites (tertiary alicyclic amines) is 1. The Balaban J connectivity index is 2.64. The van der Waals surface area contributed by atoms with Crippen molar-refractivity contribution in [2.45, 2.75) is 45.1 Å². The first kappa shape index (κ1) is 16.8. The van der Waals surface area contributed by atoms with E-state index in [1.165, 1.54) is 4.90 Å². The van der Waals surface area contributed by atoms with Gasteiger partial charge in [-0.3, -0.25) is 0 Å². The fourth-order valence-electron chi connectivity index (χ4n) is 1.83. The number of nitrogens with zero attached hydrogens (tertiary/aromatic N) is 1. The lowest BCUT2D eigenvalue weighted by Gasteiger charge is -2.31. The van der Waals surface area contributed by atoms with Gasteiger partial charge < -0.3 is 14.7 Å². The number of rotatable bonds is 2. The van der Waals surface area contributed by atoms with Crippen molar-refractivity contribution < 1.29 is 27.8 Å². The molecular weight excluding hydrogens is 275 g/mol. The van der Waals surface area contributed by atoms with E-state index in [1.54, 1.807) is 20.8 Å². The first-order valence-corrected chi connectivity index (χ1v) is 6.41. The van der Waals surface area contributed by atoms with E-state index in [1.807, 2.05) is 0 Å². The van der Waals surface area contributed by atoms with Crippen molar-refractivity contribution in [2.75, 3.05) is 19.7 Å². The molecule has 0 bridgehead atoms. The summed E-state index contributed by atoms with van der Waals surface area (Å²) in [4.78, 5) is 13.1. The summed E-state index contributed by atoms with van der Waals surface area (Å²) < 4.78 is 44.7. The summed E-state index contributed by atoms with van der Waals surface area (Å²) in [5.74, 6) is -5.42. The minimum atomic E-state index is -3.84. The molecule has 1 fully saturated rings. The van der Waals surface area contributed by atoms with Crippen LogP contribution in [0.15, 0.2) is 11.4 Å². The van der Waals surface area contributed by atoms with Gasteiger partial charge in [-0.25, -0.2) is 9.18 Å². The summed E-state index contributed by atoms with van der Waals surface area (Å²) in [6.45, 7) is 3.86. The van der Waals surface area contributed by atoms with Crippen LogP contribution in [-0.2, 0) is 4.74 Å². The maximum Gasteiger partial charge on any atom is 0.410 e. The second-order valence-electron chi connectivity index (χ2n) is 5.75. The van der Waals surface area contributed by atoms with E-state index in [4.69, 9.17) is 9.84 Å². The number of ether oxygens (including phenoxy) is 1. The molecule has 1 saturated heterocycles. The van der Waals surface area contributed by atoms with Gasteiger partial charge in [0.1, 0.15) is 12.2 Å². The van der Waals surface area contributed by atoms with Crippen LogP contribution in [0.2, 0.25) is 0 Å². The summed E-state index contributed by atoms with van der Waals surface area (Å²) in [6.07, 6.45) is -0.507. The first-order valence-electron chi connectivity index (χ1n) is 6.41. The van der Waals surface area contributed by atoms with Gasteiger partial charge in [-0.1, -0.05) is 0 Å². The van der Waals surface area contributed by atoms with Crippen molar-refractivity contribution >= 4 is 6.09 Å². The largest absolute Gasteiger partial charge is 0.444 e. The molecule has 1 N–H and O–H groups in total. The number of hydrogen-bond acceptors (Lipinski definition) is 3. The quantitative estimate of drug-likeness (QED) is 0.852. The van der Waals surface area contributed by atoms with E-state index < -0.39 is 30.1 Å². The Morgan fingerprint density at radius 2 is 1.80 bits per heavy atom. The number of hydrogen-bond donors (Lipinski definition) is 1. The molecule has 1 amide bonds. The van der Waals surface area contributed by atoms with Gasteiger partial charge in [0.2, 0.25) is 0 Å². The van der Waals surface area contributed by atoms with E-state index in [2.05, 4.69) is 0 Å². The Bertz CT molecular complexity index is 392. The molecule has 0 aromatic carbocycles. The standard InChI is InChI=1S/C13H20F3NO3/c1-12(2,3)20-11(19)17-6-4-9(5-7-17)10(14)13(15,16)8-18/h18H,4-8H2,1-3H3. The maximum atomic E-state index is 13.5. The molecule has 0 saturated carbocycles. The topological polar surface area (TPSA) is 49.8 Å². The Labute approximate surface area is 116 Å². The third-order valence-electron chi connectivity index (χ3n) is 2.85. The van der Waals surface area contributed by atoms with Crippen LogP contribution in [0.4, 0.5) is 18.0 Å². The van der Waals surface area contributed by atoms with Gasteiger partial charge >= 0.3 is 12.0 Å². The van der Waals surface area contributed by atoms with Crippen molar-refractivity contribution in [1.82, 2.24) is 4.90 Å². The fraction of sp³-hybridized carbons (Fsp3) is 0.769. The maximum absolute atomic E-state index is 13.5. The van der Waals surface area contributed by atoms with Gasteiger partial charge in [0.05, 0.1) is 0 Å². The molecule has 0 atom stereocenters. The lowest BCUT2D eigenvalue weighted by atomic mass is 10.0. The van der Waals surface area contributed by atoms with Crippen molar-refractivity contribution in [3.8, 4) is 0 Å². The summed E-state index contributed by atoms with van der Waals surface area (Å²) in [5, 5.41) is 8.45. The Hall–Kier alpha value is -1.24. The average molecular weight is 295 g/mol. The number of aliphatic hydroxyl groups excluding tert-OH is 1. The molecule has 1 aliphatic heterocycles. The molecule has 0 aromatic rings. The molecular formula is C13H20F3NO3. The summed E-state index contributed by atoms with van der Waals surface area (Å²) >= 11 is 0. The van der Waals surface area contributed by atoms with Crippen LogP contribution in [0.25, 0.3) is 0 Å². The van der Waals surface area contributed by atoms with Crippen molar-refractivity contribution in [3.63, 3.8) is 0 Å². The summed E-state index contributed by atoms with van der Waals surface area (Å²) in [6, 6.07) is 0. The molecule has 1 heterocycles. The molecule has 4 nitrogen and oxygen atoms in total. The van der Waals surface area contributed by atoms with Gasteiger partial charge in [0.15, 0.2) is 5.83 Å². The summed E-state index contributed by atoms with van der Waals surface area (Å²) in [7, 11) is 0. The van der Waals surface area contributed by atoms with E-state index in [0.717, 1.165) is 0 Å². The second-order valence-corrected chi connectivity index (χ2v) is 5.75. The smallest absolute Gasteiger partial charge is 0.410 e. The zero-order valence-corrected chi connectivity index (χ0v) is 11.9. The Morgan fingerprint density at radius 3 is 2.20 bits per heavy atom. The number of aliphatic hydroxyl groups is 1. The lowest BCUT2D eigenvalue weighted by Crippen LogP contribution is -2.40. The molecule has 116 valence electrons. The molecule has 1 rings (SSSR count). The van der Waals surface area contributed by atoms with Crippen LogP contribution in [0.1, 0.15) is 33.6 Å². The average Bonchev–Trinajstić information content (AvgIpc) is 2.36.